The number of nitrogens with zero attached hydrogens (tertiary/aromatic N) is 2. The number of amides is 1. The number of rotatable bonds is 2. The quantitative estimate of drug-likeness (QED) is 0.741. The van der Waals surface area contributed by atoms with Gasteiger partial charge in [0.15, 0.2) is 0 Å². The number of carbonyl (C=O) groups is 1. The zero-order valence-electron chi connectivity index (χ0n) is 11.3. The zero-order chi connectivity index (χ0) is 15.0. The van der Waals surface area contributed by atoms with E-state index in [4.69, 9.17) is 0 Å². The molecule has 2 aromatic rings. The summed E-state index contributed by atoms with van der Waals surface area (Å²) < 4.78 is 1.39. The van der Waals surface area contributed by atoms with Crippen LogP contribution in [-0.2, 0) is 11.8 Å². The fourth-order valence-electron chi connectivity index (χ4n) is 2.06. The van der Waals surface area contributed by atoms with Crippen molar-refractivity contribution < 1.29 is 4.79 Å². The lowest BCUT2D eigenvalue weighted by molar-refractivity contribution is -0.116. The van der Waals surface area contributed by atoms with Crippen LogP contribution in [0, 0.1) is 0 Å². The molecule has 0 fully saturated rings. The van der Waals surface area contributed by atoms with Crippen molar-refractivity contribution in [3.8, 4) is 0 Å². The molecule has 1 aromatic carbocycles. The Morgan fingerprint density at radius 3 is 2.76 bits per heavy atom. The molecule has 0 spiro atoms. The molecule has 1 aliphatic heterocycles. The number of hydrogen-bond acceptors (Lipinski definition) is 5. The monoisotopic (exact) mass is 283 g/mol. The Morgan fingerprint density at radius 1 is 1.24 bits per heavy atom. The summed E-state index contributed by atoms with van der Waals surface area (Å²) in [5.74, 6) is 0.796. The summed E-state index contributed by atoms with van der Waals surface area (Å²) in [7, 11) is 1.61. The minimum Gasteiger partial charge on any atom is -0.328 e. The highest BCUT2D eigenvalue weighted by Gasteiger charge is 2.14. The number of hydrogen-bond donors (Lipinski definition) is 3. The molecule has 0 saturated carbocycles. The van der Waals surface area contributed by atoms with E-state index in [0.717, 1.165) is 0 Å². The maximum absolute atomic E-state index is 12.3. The molecular formula is C14H13N5O2. The smallest absolute Gasteiger partial charge is 0.262 e. The van der Waals surface area contributed by atoms with Crippen LogP contribution < -0.4 is 21.5 Å². The van der Waals surface area contributed by atoms with Gasteiger partial charge in [-0.2, -0.15) is 0 Å². The molecule has 0 aliphatic carbocycles. The predicted molar refractivity (Wildman–Crippen MR) is 79.1 cm³/mol. The molecule has 3 rings (SSSR count). The Bertz CT molecular complexity index is 850. The standard InChI is InChI=1S/C14H13N5O2/c1-8-15-11(7-12(20)16-8)18-14-17-10-6-4-3-5-9(10)13(21)19(14)2/h3-7,15H,1H2,2H3,(H,16,20)(H,17,18). The Labute approximate surface area is 120 Å². The van der Waals surface area contributed by atoms with Gasteiger partial charge in [-0.25, -0.2) is 4.98 Å². The summed E-state index contributed by atoms with van der Waals surface area (Å²) in [4.78, 5) is 28.1. The van der Waals surface area contributed by atoms with Gasteiger partial charge in [0.1, 0.15) is 11.6 Å². The minimum atomic E-state index is -0.299. The first kappa shape index (κ1) is 12.9. The lowest BCUT2D eigenvalue weighted by Crippen LogP contribution is -2.38. The molecule has 1 amide bonds. The van der Waals surface area contributed by atoms with Crippen molar-refractivity contribution in [3.05, 3.63) is 58.9 Å². The molecule has 0 saturated heterocycles. The molecule has 0 bridgehead atoms. The van der Waals surface area contributed by atoms with E-state index in [0.29, 0.717) is 28.5 Å². The molecule has 7 nitrogen and oxygen atoms in total. The predicted octanol–water partition coefficient (Wildman–Crippen LogP) is 0.377. The second-order valence-corrected chi connectivity index (χ2v) is 4.59. The van der Waals surface area contributed by atoms with E-state index in [1.807, 2.05) is 6.07 Å². The molecule has 0 unspecified atom stereocenters. The third-order valence-corrected chi connectivity index (χ3v) is 3.06. The molecule has 0 radical (unpaired) electrons. The molecule has 3 N–H and O–H groups in total. The zero-order valence-corrected chi connectivity index (χ0v) is 11.3. The molecule has 1 aliphatic rings. The summed E-state index contributed by atoms with van der Waals surface area (Å²) in [5, 5.41) is 8.82. The van der Waals surface area contributed by atoms with Gasteiger partial charge in [-0.15, -0.1) is 0 Å². The van der Waals surface area contributed by atoms with Crippen molar-refractivity contribution in [2.45, 2.75) is 0 Å². The number of anilines is 1. The number of fused-ring (bicyclic) bond motifs is 1. The van der Waals surface area contributed by atoms with E-state index in [9.17, 15) is 9.59 Å². The first-order valence-electron chi connectivity index (χ1n) is 6.26. The van der Waals surface area contributed by atoms with E-state index >= 15 is 0 Å². The van der Waals surface area contributed by atoms with Crippen LogP contribution in [0.2, 0.25) is 0 Å². The van der Waals surface area contributed by atoms with Crippen LogP contribution in [0.25, 0.3) is 10.9 Å². The Morgan fingerprint density at radius 2 is 2.00 bits per heavy atom. The van der Waals surface area contributed by atoms with E-state index < -0.39 is 0 Å². The average molecular weight is 283 g/mol. The number of aromatic nitrogens is 2. The molecule has 21 heavy (non-hydrogen) atoms. The lowest BCUT2D eigenvalue weighted by atomic mass is 10.2. The summed E-state index contributed by atoms with van der Waals surface area (Å²) >= 11 is 0. The van der Waals surface area contributed by atoms with Crippen LogP contribution in [0.4, 0.5) is 5.95 Å². The largest absolute Gasteiger partial charge is 0.328 e. The second-order valence-electron chi connectivity index (χ2n) is 4.59. The van der Waals surface area contributed by atoms with Crippen molar-refractivity contribution in [2.24, 2.45) is 7.05 Å². The van der Waals surface area contributed by atoms with Crippen molar-refractivity contribution in [2.75, 3.05) is 5.32 Å². The molecule has 2 heterocycles. The van der Waals surface area contributed by atoms with E-state index in [-0.39, 0.29) is 11.5 Å². The van der Waals surface area contributed by atoms with Crippen molar-refractivity contribution in [1.82, 2.24) is 20.2 Å². The minimum absolute atomic E-state index is 0.164. The normalized spacial score (nSPS) is 14.4. The van der Waals surface area contributed by atoms with Gasteiger partial charge in [-0.05, 0) is 12.1 Å². The highest BCUT2D eigenvalue weighted by atomic mass is 16.1. The first-order chi connectivity index (χ1) is 10.0. The summed E-state index contributed by atoms with van der Waals surface area (Å²) in [5.41, 5.74) is 0.422. The third-order valence-electron chi connectivity index (χ3n) is 3.06. The summed E-state index contributed by atoms with van der Waals surface area (Å²) in [6, 6.07) is 7.09. The topological polar surface area (TPSA) is 88.1 Å². The number of para-hydroxylation sites is 1. The van der Waals surface area contributed by atoms with Gasteiger partial charge < -0.3 is 16.0 Å². The van der Waals surface area contributed by atoms with Crippen LogP contribution in [0.15, 0.2) is 53.4 Å². The molecule has 106 valence electrons. The van der Waals surface area contributed by atoms with Gasteiger partial charge in [0.25, 0.3) is 11.5 Å². The van der Waals surface area contributed by atoms with Crippen molar-refractivity contribution in [1.29, 1.82) is 0 Å². The maximum Gasteiger partial charge on any atom is 0.262 e. The molecule has 0 atom stereocenters. The second kappa shape index (κ2) is 4.78. The van der Waals surface area contributed by atoms with Crippen LogP contribution in [0.1, 0.15) is 0 Å². The lowest BCUT2D eigenvalue weighted by Gasteiger charge is -2.20. The van der Waals surface area contributed by atoms with Crippen LogP contribution >= 0.6 is 0 Å². The van der Waals surface area contributed by atoms with Gasteiger partial charge in [0.2, 0.25) is 5.95 Å². The number of nitrogens with one attached hydrogen (secondary N) is 3. The highest BCUT2D eigenvalue weighted by molar-refractivity contribution is 5.91. The number of benzene rings is 1. The van der Waals surface area contributed by atoms with Crippen molar-refractivity contribution >= 4 is 22.8 Å². The molecule has 7 heteroatoms. The van der Waals surface area contributed by atoms with Crippen LogP contribution in [0.5, 0.6) is 0 Å². The van der Waals surface area contributed by atoms with Gasteiger partial charge in [-0.1, -0.05) is 18.7 Å². The molecule has 1 aromatic heterocycles. The Balaban J connectivity index is 2.05. The average Bonchev–Trinajstić information content (AvgIpc) is 2.43. The fraction of sp³-hybridized carbons (Fsp3) is 0.0714. The van der Waals surface area contributed by atoms with Gasteiger partial charge in [0, 0.05) is 13.1 Å². The van der Waals surface area contributed by atoms with E-state index in [2.05, 4.69) is 27.5 Å². The highest BCUT2D eigenvalue weighted by Crippen LogP contribution is 2.12. The van der Waals surface area contributed by atoms with Crippen LogP contribution in [0.3, 0.4) is 0 Å². The van der Waals surface area contributed by atoms with Gasteiger partial charge in [-0.3, -0.25) is 14.2 Å². The van der Waals surface area contributed by atoms with E-state index in [1.165, 1.54) is 10.6 Å². The SMILES string of the molecule is C=C1NC(=O)C=C(Nc2nc3ccccc3c(=O)n2C)N1. The maximum atomic E-state index is 12.3. The van der Waals surface area contributed by atoms with Gasteiger partial charge >= 0.3 is 0 Å². The van der Waals surface area contributed by atoms with Crippen LogP contribution in [-0.4, -0.2) is 15.5 Å². The molecular weight excluding hydrogens is 270 g/mol. The first-order valence-corrected chi connectivity index (χ1v) is 6.26. The Hall–Kier alpha value is -3.09. The van der Waals surface area contributed by atoms with Crippen molar-refractivity contribution in [3.63, 3.8) is 0 Å². The van der Waals surface area contributed by atoms with E-state index in [1.54, 1.807) is 25.2 Å². The summed E-state index contributed by atoms with van der Waals surface area (Å²) in [6.07, 6.45) is 1.33. The summed E-state index contributed by atoms with van der Waals surface area (Å²) in [6.45, 7) is 3.63. The number of carbonyl (C=O) groups excluding carboxylic acids is 1. The third kappa shape index (κ3) is 2.36. The fourth-order valence-corrected chi connectivity index (χ4v) is 2.06. The Kier molecular flexibility index (Phi) is 2.94. The van der Waals surface area contributed by atoms with Gasteiger partial charge in [0.05, 0.1) is 10.9 Å².